The third kappa shape index (κ3) is 7.60. The van der Waals surface area contributed by atoms with Crippen molar-refractivity contribution in [3.05, 3.63) is 23.8 Å². The van der Waals surface area contributed by atoms with E-state index in [-0.39, 0.29) is 10.8 Å². The van der Waals surface area contributed by atoms with Crippen molar-refractivity contribution in [1.29, 1.82) is 0 Å². The van der Waals surface area contributed by atoms with Crippen LogP contribution in [0.2, 0.25) is 0 Å². The average molecular weight is 286 g/mol. The Balaban J connectivity index is 3.95. The molecule has 0 aliphatic carbocycles. The molecule has 0 saturated heterocycles. The zero-order valence-electron chi connectivity index (χ0n) is 7.93. The van der Waals surface area contributed by atoms with Crippen molar-refractivity contribution in [1.82, 2.24) is 0 Å². The van der Waals surface area contributed by atoms with Crippen LogP contribution in [0.5, 0.6) is 0 Å². The molecule has 0 heterocycles. The molecule has 2 atom stereocenters. The second-order valence-corrected chi connectivity index (χ2v) is 4.84. The molecule has 0 bridgehead atoms. The van der Waals surface area contributed by atoms with Crippen molar-refractivity contribution in [3.63, 3.8) is 0 Å². The number of halogens is 3. The fourth-order valence-electron chi connectivity index (χ4n) is 0.806. The average Bonchev–Trinajstić information content (AvgIpc) is 2.03. The van der Waals surface area contributed by atoms with Crippen LogP contribution < -0.4 is 0 Å². The highest BCUT2D eigenvalue weighted by atomic mass is 79.9. The van der Waals surface area contributed by atoms with Gasteiger partial charge in [0.05, 0.1) is 10.8 Å². The van der Waals surface area contributed by atoms with Crippen LogP contribution >= 0.6 is 39.1 Å². The zero-order valence-corrected chi connectivity index (χ0v) is 11.0. The molecule has 2 unspecified atom stereocenters. The van der Waals surface area contributed by atoms with Crippen molar-refractivity contribution in [2.75, 3.05) is 5.33 Å². The molecule has 0 saturated carbocycles. The van der Waals surface area contributed by atoms with Gasteiger partial charge in [0, 0.05) is 5.33 Å². The van der Waals surface area contributed by atoms with Crippen molar-refractivity contribution < 1.29 is 0 Å². The van der Waals surface area contributed by atoms with Gasteiger partial charge in [0.25, 0.3) is 0 Å². The van der Waals surface area contributed by atoms with Crippen LogP contribution in [0.1, 0.15) is 20.3 Å². The molecule has 0 aliphatic heterocycles. The summed E-state index contributed by atoms with van der Waals surface area (Å²) in [4.78, 5) is 0. The Morgan fingerprint density at radius 3 is 2.38 bits per heavy atom. The molecule has 3 heteroatoms. The van der Waals surface area contributed by atoms with E-state index in [1.54, 1.807) is 0 Å². The predicted octanol–water partition coefficient (Wildman–Crippen LogP) is 4.51. The van der Waals surface area contributed by atoms with E-state index >= 15 is 0 Å². The van der Waals surface area contributed by atoms with E-state index < -0.39 is 0 Å². The van der Waals surface area contributed by atoms with E-state index in [1.165, 1.54) is 5.57 Å². The van der Waals surface area contributed by atoms with Gasteiger partial charge in [-0.05, 0) is 20.3 Å². The smallest absolute Gasteiger partial charge is 0.0717 e. The number of alkyl halides is 3. The van der Waals surface area contributed by atoms with Crippen LogP contribution in [0.4, 0.5) is 0 Å². The Kier molecular flexibility index (Phi) is 8.23. The summed E-state index contributed by atoms with van der Waals surface area (Å²) < 4.78 is 0. The first-order valence-corrected chi connectivity index (χ1v) is 6.23. The van der Waals surface area contributed by atoms with Gasteiger partial charge in [0.15, 0.2) is 0 Å². The van der Waals surface area contributed by atoms with Crippen molar-refractivity contribution in [2.24, 2.45) is 0 Å². The quantitative estimate of drug-likeness (QED) is 0.515. The third-order valence-corrected chi connectivity index (χ3v) is 2.79. The second kappa shape index (κ2) is 7.90. The van der Waals surface area contributed by atoms with Gasteiger partial charge < -0.3 is 0 Å². The molecule has 0 spiro atoms. The fourth-order valence-corrected chi connectivity index (χ4v) is 1.58. The SMILES string of the molecule is CC(C)=CC(Cl)C(Cl)C=CCCBr. The van der Waals surface area contributed by atoms with E-state index in [9.17, 15) is 0 Å². The predicted molar refractivity (Wildman–Crippen MR) is 66.3 cm³/mol. The van der Waals surface area contributed by atoms with Gasteiger partial charge >= 0.3 is 0 Å². The van der Waals surface area contributed by atoms with Crippen LogP contribution in [0, 0.1) is 0 Å². The summed E-state index contributed by atoms with van der Waals surface area (Å²) in [6, 6.07) is 0. The topological polar surface area (TPSA) is 0 Å². The molecular weight excluding hydrogens is 271 g/mol. The highest BCUT2D eigenvalue weighted by molar-refractivity contribution is 9.09. The molecule has 0 N–H and O–H groups in total. The summed E-state index contributed by atoms with van der Waals surface area (Å²) in [5.41, 5.74) is 1.19. The zero-order chi connectivity index (χ0) is 10.3. The maximum absolute atomic E-state index is 6.03. The highest BCUT2D eigenvalue weighted by Crippen LogP contribution is 2.15. The molecule has 0 amide bonds. The van der Waals surface area contributed by atoms with Crippen LogP contribution in [-0.4, -0.2) is 16.1 Å². The molecule has 0 radical (unpaired) electrons. The monoisotopic (exact) mass is 284 g/mol. The minimum atomic E-state index is -0.115. The maximum atomic E-state index is 6.03. The molecule has 0 aromatic rings. The standard InChI is InChI=1S/C10H15BrCl2/c1-8(2)7-10(13)9(12)5-3-4-6-11/h3,5,7,9-10H,4,6H2,1-2H3. The summed E-state index contributed by atoms with van der Waals surface area (Å²) in [6.07, 6.45) is 6.94. The normalized spacial score (nSPS) is 15.8. The van der Waals surface area contributed by atoms with E-state index in [2.05, 4.69) is 15.9 Å². The van der Waals surface area contributed by atoms with Gasteiger partial charge in [-0.2, -0.15) is 0 Å². The molecular formula is C10H15BrCl2. The van der Waals surface area contributed by atoms with Gasteiger partial charge in [-0.15, -0.1) is 23.2 Å². The number of rotatable bonds is 5. The Bertz CT molecular complexity index is 183. The van der Waals surface area contributed by atoms with Crippen LogP contribution in [-0.2, 0) is 0 Å². The summed E-state index contributed by atoms with van der Waals surface area (Å²) in [5.74, 6) is 0. The lowest BCUT2D eigenvalue weighted by atomic mass is 10.2. The summed E-state index contributed by atoms with van der Waals surface area (Å²) in [6.45, 7) is 4.03. The first-order valence-electron chi connectivity index (χ1n) is 4.23. The fraction of sp³-hybridized carbons (Fsp3) is 0.600. The Hall–Kier alpha value is 0.540. The highest BCUT2D eigenvalue weighted by Gasteiger charge is 2.09. The Morgan fingerprint density at radius 2 is 1.92 bits per heavy atom. The summed E-state index contributed by atoms with van der Waals surface area (Å²) in [7, 11) is 0. The first kappa shape index (κ1) is 13.5. The largest absolute Gasteiger partial charge is 0.117 e. The van der Waals surface area contributed by atoms with Gasteiger partial charge in [0.2, 0.25) is 0 Å². The molecule has 0 aliphatic rings. The number of hydrogen-bond acceptors (Lipinski definition) is 0. The second-order valence-electron chi connectivity index (χ2n) is 3.04. The van der Waals surface area contributed by atoms with Crippen molar-refractivity contribution in [3.8, 4) is 0 Å². The van der Waals surface area contributed by atoms with Crippen molar-refractivity contribution >= 4 is 39.1 Å². The van der Waals surface area contributed by atoms with Gasteiger partial charge in [-0.25, -0.2) is 0 Å². The lowest BCUT2D eigenvalue weighted by Crippen LogP contribution is -2.09. The molecule has 13 heavy (non-hydrogen) atoms. The Labute approximate surface area is 99.1 Å². The minimum absolute atomic E-state index is 0.113. The van der Waals surface area contributed by atoms with Crippen molar-refractivity contribution in [2.45, 2.75) is 31.0 Å². The number of hydrogen-bond donors (Lipinski definition) is 0. The maximum Gasteiger partial charge on any atom is 0.0717 e. The molecule has 0 aromatic carbocycles. The molecule has 0 nitrogen and oxygen atoms in total. The lowest BCUT2D eigenvalue weighted by Gasteiger charge is -2.08. The lowest BCUT2D eigenvalue weighted by molar-refractivity contribution is 1.04. The first-order chi connectivity index (χ1) is 6.07. The summed E-state index contributed by atoms with van der Waals surface area (Å²) >= 11 is 15.4. The van der Waals surface area contributed by atoms with Crippen LogP contribution in [0.3, 0.4) is 0 Å². The molecule has 0 fully saturated rings. The van der Waals surface area contributed by atoms with Gasteiger partial charge in [-0.3, -0.25) is 0 Å². The van der Waals surface area contributed by atoms with E-state index in [4.69, 9.17) is 23.2 Å². The molecule has 0 rings (SSSR count). The van der Waals surface area contributed by atoms with Gasteiger partial charge in [0.1, 0.15) is 0 Å². The molecule has 76 valence electrons. The number of allylic oxidation sites excluding steroid dienone is 4. The van der Waals surface area contributed by atoms with Crippen LogP contribution in [0.15, 0.2) is 23.8 Å². The molecule has 0 aromatic heterocycles. The van der Waals surface area contributed by atoms with Crippen LogP contribution in [0.25, 0.3) is 0 Å². The van der Waals surface area contributed by atoms with E-state index in [0.717, 1.165) is 11.8 Å². The van der Waals surface area contributed by atoms with Gasteiger partial charge in [-0.1, -0.05) is 39.7 Å². The van der Waals surface area contributed by atoms with E-state index in [1.807, 2.05) is 32.1 Å². The summed E-state index contributed by atoms with van der Waals surface area (Å²) in [5, 5.41) is 0.733. The Morgan fingerprint density at radius 1 is 1.31 bits per heavy atom. The minimum Gasteiger partial charge on any atom is -0.117 e. The third-order valence-electron chi connectivity index (χ3n) is 1.39. The van der Waals surface area contributed by atoms with E-state index in [0.29, 0.717) is 0 Å².